The molecule has 1 amide bonds. The van der Waals surface area contributed by atoms with Crippen LogP contribution in [0.1, 0.15) is 27.9 Å². The smallest absolute Gasteiger partial charge is 0.269 e. The maximum Gasteiger partial charge on any atom is 0.269 e. The molecule has 0 atom stereocenters. The van der Waals surface area contributed by atoms with Gasteiger partial charge >= 0.3 is 0 Å². The number of halogens is 1. The molecule has 0 saturated heterocycles. The van der Waals surface area contributed by atoms with Gasteiger partial charge in [0.15, 0.2) is 0 Å². The fraction of sp³-hybridized carbons (Fsp3) is 0.316. The molecule has 8 nitrogen and oxygen atoms in total. The number of sulfonamides is 1. The van der Waals surface area contributed by atoms with Crippen LogP contribution in [-0.4, -0.2) is 44.0 Å². The number of non-ortho nitro benzene ring substituents is 1. The second-order valence-electron chi connectivity index (χ2n) is 6.98. The molecule has 0 saturated carbocycles. The minimum absolute atomic E-state index is 0.0973. The van der Waals surface area contributed by atoms with Crippen LogP contribution in [0.3, 0.4) is 0 Å². The Kier molecular flexibility index (Phi) is 5.81. The average Bonchev–Trinajstić information content (AvgIpc) is 2.67. The van der Waals surface area contributed by atoms with Gasteiger partial charge in [0.1, 0.15) is 0 Å². The minimum atomic E-state index is -3.38. The molecule has 0 fully saturated rings. The third-order valence-electron chi connectivity index (χ3n) is 4.80. The summed E-state index contributed by atoms with van der Waals surface area (Å²) in [7, 11) is -1.79. The van der Waals surface area contributed by atoms with Crippen molar-refractivity contribution in [3.8, 4) is 0 Å². The first-order chi connectivity index (χ1) is 13.6. The van der Waals surface area contributed by atoms with Gasteiger partial charge in [0.05, 0.1) is 16.9 Å². The SMILES string of the molecule is CN(Cc1cc([N+](=O)[O-])ccc1Cl)C(=O)c1ccc2c(c1)CCCN2S(C)(=O)=O. The molecule has 2 aromatic rings. The maximum absolute atomic E-state index is 12.9. The molecule has 0 aliphatic carbocycles. The topological polar surface area (TPSA) is 101 Å². The highest BCUT2D eigenvalue weighted by Gasteiger charge is 2.25. The molecule has 0 unspecified atom stereocenters. The van der Waals surface area contributed by atoms with Crippen LogP contribution in [0.25, 0.3) is 0 Å². The highest BCUT2D eigenvalue weighted by atomic mass is 35.5. The van der Waals surface area contributed by atoms with Crippen molar-refractivity contribution >= 4 is 38.9 Å². The number of fused-ring (bicyclic) bond motifs is 1. The molecule has 1 aliphatic rings. The standard InChI is InChI=1S/C19H20ClN3O5S/c1-21(12-15-11-16(23(25)26)6-7-17(15)20)19(24)14-5-8-18-13(10-14)4-3-9-22(18)29(2,27)28/h5-8,10-11H,3-4,9,12H2,1-2H3. The van der Waals surface area contributed by atoms with Gasteiger partial charge in [-0.15, -0.1) is 0 Å². The number of aryl methyl sites for hydroxylation is 1. The van der Waals surface area contributed by atoms with Crippen LogP contribution in [0.2, 0.25) is 5.02 Å². The third kappa shape index (κ3) is 4.51. The van der Waals surface area contributed by atoms with Crippen LogP contribution < -0.4 is 4.31 Å². The fourth-order valence-corrected chi connectivity index (χ4v) is 4.56. The number of hydrogen-bond donors (Lipinski definition) is 0. The van der Waals surface area contributed by atoms with Crippen LogP contribution in [-0.2, 0) is 23.0 Å². The number of benzene rings is 2. The Labute approximate surface area is 173 Å². The molecule has 0 bridgehead atoms. The Morgan fingerprint density at radius 2 is 2.00 bits per heavy atom. The van der Waals surface area contributed by atoms with Crippen molar-refractivity contribution in [1.82, 2.24) is 4.90 Å². The van der Waals surface area contributed by atoms with Crippen molar-refractivity contribution in [2.75, 3.05) is 24.2 Å². The lowest BCUT2D eigenvalue weighted by atomic mass is 10.00. The van der Waals surface area contributed by atoms with Gasteiger partial charge in [0.25, 0.3) is 11.6 Å². The van der Waals surface area contributed by atoms with E-state index in [-0.39, 0.29) is 18.1 Å². The lowest BCUT2D eigenvalue weighted by Gasteiger charge is -2.29. The molecular formula is C19H20ClN3O5S. The summed E-state index contributed by atoms with van der Waals surface area (Å²) in [6, 6.07) is 9.05. The van der Waals surface area contributed by atoms with E-state index in [0.717, 1.165) is 11.8 Å². The Balaban J connectivity index is 1.84. The van der Waals surface area contributed by atoms with Gasteiger partial charge in [-0.1, -0.05) is 11.6 Å². The number of nitrogens with zero attached hydrogens (tertiary/aromatic N) is 3. The summed E-state index contributed by atoms with van der Waals surface area (Å²) in [5.41, 5.74) is 2.19. The first-order valence-corrected chi connectivity index (χ1v) is 11.1. The Morgan fingerprint density at radius 3 is 2.66 bits per heavy atom. The van der Waals surface area contributed by atoms with Crippen molar-refractivity contribution in [3.05, 3.63) is 68.2 Å². The van der Waals surface area contributed by atoms with E-state index in [2.05, 4.69) is 0 Å². The zero-order valence-electron chi connectivity index (χ0n) is 16.0. The number of nitro groups is 1. The van der Waals surface area contributed by atoms with E-state index in [1.807, 2.05) is 0 Å². The molecule has 154 valence electrons. The van der Waals surface area contributed by atoms with Crippen LogP contribution in [0.4, 0.5) is 11.4 Å². The predicted octanol–water partition coefficient (Wildman–Crippen LogP) is 3.23. The van der Waals surface area contributed by atoms with Crippen LogP contribution in [0, 0.1) is 10.1 Å². The normalized spacial score (nSPS) is 13.7. The summed E-state index contributed by atoms with van der Waals surface area (Å²) in [6.07, 6.45) is 2.53. The summed E-state index contributed by atoms with van der Waals surface area (Å²) in [5.74, 6) is -0.285. The van der Waals surface area contributed by atoms with Crippen molar-refractivity contribution < 1.29 is 18.1 Å². The Hall–Kier alpha value is -2.65. The van der Waals surface area contributed by atoms with Gasteiger partial charge in [-0.05, 0) is 48.2 Å². The van der Waals surface area contributed by atoms with Crippen LogP contribution in [0.5, 0.6) is 0 Å². The van der Waals surface area contributed by atoms with E-state index in [4.69, 9.17) is 11.6 Å². The predicted molar refractivity (Wildman–Crippen MR) is 111 cm³/mol. The zero-order chi connectivity index (χ0) is 21.3. The second-order valence-corrected chi connectivity index (χ2v) is 9.29. The lowest BCUT2D eigenvalue weighted by Crippen LogP contribution is -2.35. The van der Waals surface area contributed by atoms with E-state index in [9.17, 15) is 23.3 Å². The quantitative estimate of drug-likeness (QED) is 0.528. The van der Waals surface area contributed by atoms with Crippen LogP contribution >= 0.6 is 11.6 Å². The molecule has 0 spiro atoms. The number of rotatable bonds is 5. The van der Waals surface area contributed by atoms with E-state index >= 15 is 0 Å². The molecule has 10 heteroatoms. The minimum Gasteiger partial charge on any atom is -0.337 e. The number of carbonyl (C=O) groups is 1. The Morgan fingerprint density at radius 1 is 1.28 bits per heavy atom. The Bertz CT molecular complexity index is 1090. The maximum atomic E-state index is 12.9. The third-order valence-corrected chi connectivity index (χ3v) is 6.35. The average molecular weight is 438 g/mol. The molecule has 0 N–H and O–H groups in total. The van der Waals surface area contributed by atoms with E-state index in [1.54, 1.807) is 25.2 Å². The number of hydrogen-bond acceptors (Lipinski definition) is 5. The summed E-state index contributed by atoms with van der Waals surface area (Å²) in [6.45, 7) is 0.524. The molecule has 2 aromatic carbocycles. The largest absolute Gasteiger partial charge is 0.337 e. The van der Waals surface area contributed by atoms with Crippen molar-refractivity contribution in [3.63, 3.8) is 0 Å². The lowest BCUT2D eigenvalue weighted by molar-refractivity contribution is -0.384. The van der Waals surface area contributed by atoms with Crippen molar-refractivity contribution in [1.29, 1.82) is 0 Å². The van der Waals surface area contributed by atoms with Gasteiger partial charge in [-0.25, -0.2) is 8.42 Å². The number of amides is 1. The van der Waals surface area contributed by atoms with Gasteiger partial charge in [-0.3, -0.25) is 19.2 Å². The second kappa shape index (κ2) is 8.00. The molecule has 3 rings (SSSR count). The monoisotopic (exact) mass is 437 g/mol. The first-order valence-electron chi connectivity index (χ1n) is 8.87. The molecular weight excluding hydrogens is 418 g/mol. The van der Waals surface area contributed by atoms with Crippen molar-refractivity contribution in [2.24, 2.45) is 0 Å². The summed E-state index contributed by atoms with van der Waals surface area (Å²) >= 11 is 6.13. The van der Waals surface area contributed by atoms with E-state index < -0.39 is 14.9 Å². The number of nitro benzene ring substituents is 1. The van der Waals surface area contributed by atoms with Gasteiger partial charge < -0.3 is 4.90 Å². The molecule has 0 radical (unpaired) electrons. The van der Waals surface area contributed by atoms with E-state index in [0.29, 0.717) is 41.2 Å². The van der Waals surface area contributed by atoms with Gasteiger partial charge in [0.2, 0.25) is 10.0 Å². The summed E-state index contributed by atoms with van der Waals surface area (Å²) in [5, 5.41) is 11.3. The van der Waals surface area contributed by atoms with Crippen LogP contribution in [0.15, 0.2) is 36.4 Å². The highest BCUT2D eigenvalue weighted by Crippen LogP contribution is 2.30. The summed E-state index contributed by atoms with van der Waals surface area (Å²) in [4.78, 5) is 24.7. The van der Waals surface area contributed by atoms with Crippen molar-refractivity contribution in [2.45, 2.75) is 19.4 Å². The van der Waals surface area contributed by atoms with Gasteiger partial charge in [-0.2, -0.15) is 0 Å². The van der Waals surface area contributed by atoms with Gasteiger partial charge in [0, 0.05) is 42.9 Å². The molecule has 29 heavy (non-hydrogen) atoms. The van der Waals surface area contributed by atoms with E-state index in [1.165, 1.54) is 27.4 Å². The zero-order valence-corrected chi connectivity index (χ0v) is 17.5. The molecule has 0 aromatic heterocycles. The molecule has 1 aliphatic heterocycles. The number of anilines is 1. The fourth-order valence-electron chi connectivity index (χ4n) is 3.38. The first kappa shape index (κ1) is 21.1. The summed E-state index contributed by atoms with van der Waals surface area (Å²) < 4.78 is 25.3. The number of carbonyl (C=O) groups excluding carboxylic acids is 1. The molecule has 1 heterocycles. The highest BCUT2D eigenvalue weighted by molar-refractivity contribution is 7.92.